The van der Waals surface area contributed by atoms with E-state index in [9.17, 15) is 0 Å². The molecule has 4 rings (SSSR count). The van der Waals surface area contributed by atoms with Gasteiger partial charge in [-0.2, -0.15) is 0 Å². The van der Waals surface area contributed by atoms with Gasteiger partial charge >= 0.3 is 0 Å². The minimum absolute atomic E-state index is 0.0429. The van der Waals surface area contributed by atoms with E-state index in [1.807, 2.05) is 61.7 Å². The maximum atomic E-state index is 6.33. The topological polar surface area (TPSA) is 41.3 Å². The molecule has 3 heterocycles. The highest BCUT2D eigenvalue weighted by Crippen LogP contribution is 2.40. The summed E-state index contributed by atoms with van der Waals surface area (Å²) in [6, 6.07) is 15.9. The minimum atomic E-state index is -0.0545. The zero-order valence-electron chi connectivity index (χ0n) is 16.6. The summed E-state index contributed by atoms with van der Waals surface area (Å²) >= 11 is 12.0. The summed E-state index contributed by atoms with van der Waals surface area (Å²) in [4.78, 5) is 6.79. The molecule has 1 N–H and O–H groups in total. The van der Waals surface area contributed by atoms with Crippen LogP contribution in [0.25, 0.3) is 11.3 Å². The third-order valence-corrected chi connectivity index (χ3v) is 6.08. The fraction of sp³-hybridized carbons (Fsp3) is 0.304. The molecule has 0 aliphatic carbocycles. The lowest BCUT2D eigenvalue weighted by molar-refractivity contribution is 0.271. The Morgan fingerprint density at radius 2 is 2.07 bits per heavy atom. The number of nitrogens with zero attached hydrogens (tertiary/aromatic N) is 2. The van der Waals surface area contributed by atoms with Crippen molar-refractivity contribution in [1.82, 2.24) is 15.2 Å². The number of aryl methyl sites for hydroxylation is 1. The van der Waals surface area contributed by atoms with Gasteiger partial charge in [-0.05, 0) is 61.5 Å². The number of furan rings is 1. The summed E-state index contributed by atoms with van der Waals surface area (Å²) < 4.78 is 6.33. The van der Waals surface area contributed by atoms with Crippen molar-refractivity contribution in [3.8, 4) is 11.3 Å². The maximum absolute atomic E-state index is 6.33. The second-order valence-corrected chi connectivity index (χ2v) is 8.13. The van der Waals surface area contributed by atoms with Crippen LogP contribution in [0.2, 0.25) is 5.02 Å². The molecule has 1 aromatic carbocycles. The normalized spacial score (nSPS) is 18.9. The van der Waals surface area contributed by atoms with Crippen molar-refractivity contribution in [2.75, 3.05) is 6.54 Å². The van der Waals surface area contributed by atoms with E-state index in [0.29, 0.717) is 0 Å². The number of halogens is 1. The van der Waals surface area contributed by atoms with Crippen molar-refractivity contribution in [2.45, 2.75) is 38.8 Å². The Morgan fingerprint density at radius 3 is 2.79 bits per heavy atom. The molecule has 0 unspecified atom stereocenters. The molecule has 0 saturated carbocycles. The average Bonchev–Trinajstić information content (AvgIpc) is 3.34. The molecule has 0 bridgehead atoms. The number of aromatic nitrogens is 1. The van der Waals surface area contributed by atoms with E-state index in [2.05, 4.69) is 22.1 Å². The number of nitrogens with one attached hydrogen (secondary N) is 1. The van der Waals surface area contributed by atoms with Crippen molar-refractivity contribution in [2.24, 2.45) is 0 Å². The van der Waals surface area contributed by atoms with Gasteiger partial charge in [-0.1, -0.05) is 43.1 Å². The van der Waals surface area contributed by atoms with Crippen LogP contribution in [0.4, 0.5) is 0 Å². The Morgan fingerprint density at radius 1 is 1.21 bits per heavy atom. The van der Waals surface area contributed by atoms with Crippen LogP contribution in [0.1, 0.15) is 48.9 Å². The lowest BCUT2D eigenvalue weighted by Crippen LogP contribution is -2.30. The minimum Gasteiger partial charge on any atom is -0.459 e. The van der Waals surface area contributed by atoms with Gasteiger partial charge in [-0.3, -0.25) is 4.98 Å². The first-order chi connectivity index (χ1) is 14.1. The Bertz CT molecular complexity index is 1000. The van der Waals surface area contributed by atoms with Gasteiger partial charge < -0.3 is 14.6 Å². The highest BCUT2D eigenvalue weighted by Gasteiger charge is 2.41. The molecule has 3 aromatic rings. The van der Waals surface area contributed by atoms with Crippen LogP contribution < -0.4 is 5.32 Å². The summed E-state index contributed by atoms with van der Waals surface area (Å²) in [6.07, 6.45) is 3.98. The summed E-state index contributed by atoms with van der Waals surface area (Å²) in [5, 5.41) is 4.94. The number of rotatable bonds is 6. The molecule has 1 aliphatic heterocycles. The second kappa shape index (κ2) is 8.56. The third-order valence-electron chi connectivity index (χ3n) is 5.32. The van der Waals surface area contributed by atoms with Gasteiger partial charge in [0.2, 0.25) is 0 Å². The van der Waals surface area contributed by atoms with E-state index in [-0.39, 0.29) is 12.1 Å². The molecule has 2 atom stereocenters. The standard InChI is InChI=1S/C23H24ClN3OS/c1-3-4-13-27-22(21(26-23(27)29)18-7-5-6-12-25-18)20-11-10-19(28-20)16-9-8-15(2)17(24)14-16/h5-12,14,21-22H,3-4,13H2,1-2H3,(H,26,29)/t21-,22+/m0/s1. The molecular weight excluding hydrogens is 402 g/mol. The molecule has 0 spiro atoms. The van der Waals surface area contributed by atoms with Crippen LogP contribution in [0, 0.1) is 6.92 Å². The van der Waals surface area contributed by atoms with E-state index < -0.39 is 0 Å². The van der Waals surface area contributed by atoms with Gasteiger partial charge in [-0.15, -0.1) is 0 Å². The third kappa shape index (κ3) is 4.02. The molecule has 1 aliphatic rings. The van der Waals surface area contributed by atoms with Crippen LogP contribution in [0.3, 0.4) is 0 Å². The first kappa shape index (κ1) is 19.9. The Hall–Kier alpha value is -2.37. The van der Waals surface area contributed by atoms with E-state index in [1.54, 1.807) is 0 Å². The SMILES string of the molecule is CCCCN1C(=S)N[C@@H](c2ccccn2)[C@H]1c1ccc(-c2ccc(C)c(Cl)c2)o1. The Kier molecular flexibility index (Phi) is 5.88. The summed E-state index contributed by atoms with van der Waals surface area (Å²) in [7, 11) is 0. The number of unbranched alkanes of at least 4 members (excludes halogenated alkanes) is 1. The van der Waals surface area contributed by atoms with Gasteiger partial charge in [0.15, 0.2) is 5.11 Å². The second-order valence-electron chi connectivity index (χ2n) is 7.34. The van der Waals surface area contributed by atoms with Crippen LogP contribution in [0.5, 0.6) is 0 Å². The maximum Gasteiger partial charge on any atom is 0.170 e. The zero-order valence-corrected chi connectivity index (χ0v) is 18.1. The van der Waals surface area contributed by atoms with Gasteiger partial charge in [0.1, 0.15) is 17.6 Å². The number of pyridine rings is 1. The highest BCUT2D eigenvalue weighted by molar-refractivity contribution is 7.80. The lowest BCUT2D eigenvalue weighted by Gasteiger charge is -2.25. The predicted octanol–water partition coefficient (Wildman–Crippen LogP) is 6.08. The lowest BCUT2D eigenvalue weighted by atomic mass is 10.0. The van der Waals surface area contributed by atoms with Crippen molar-refractivity contribution < 1.29 is 4.42 Å². The molecule has 1 saturated heterocycles. The number of hydrogen-bond acceptors (Lipinski definition) is 3. The first-order valence-electron chi connectivity index (χ1n) is 9.93. The molecule has 1 fully saturated rings. The van der Waals surface area contributed by atoms with Gasteiger partial charge in [-0.25, -0.2) is 0 Å². The number of benzene rings is 1. The molecule has 29 heavy (non-hydrogen) atoms. The molecule has 4 nitrogen and oxygen atoms in total. The fourth-order valence-corrected chi connectivity index (χ4v) is 4.21. The summed E-state index contributed by atoms with van der Waals surface area (Å²) in [5.41, 5.74) is 2.97. The van der Waals surface area contributed by atoms with Crippen molar-refractivity contribution >= 4 is 28.9 Å². The molecule has 0 amide bonds. The van der Waals surface area contributed by atoms with Crippen molar-refractivity contribution in [3.05, 3.63) is 76.8 Å². The average molecular weight is 426 g/mol. The van der Waals surface area contributed by atoms with Crippen LogP contribution in [-0.2, 0) is 0 Å². The quantitative estimate of drug-likeness (QED) is 0.485. The van der Waals surface area contributed by atoms with E-state index in [4.69, 9.17) is 28.2 Å². The number of hydrogen-bond donors (Lipinski definition) is 1. The highest BCUT2D eigenvalue weighted by atomic mass is 35.5. The Balaban J connectivity index is 1.71. The van der Waals surface area contributed by atoms with Crippen LogP contribution in [0.15, 0.2) is 59.1 Å². The molecule has 6 heteroatoms. The molecule has 150 valence electrons. The molecular formula is C23H24ClN3OS. The fourth-order valence-electron chi connectivity index (χ4n) is 3.70. The van der Waals surface area contributed by atoms with E-state index in [1.165, 1.54) is 0 Å². The van der Waals surface area contributed by atoms with Crippen LogP contribution >= 0.6 is 23.8 Å². The molecule has 0 radical (unpaired) electrons. The van der Waals surface area contributed by atoms with Gasteiger partial charge in [0, 0.05) is 23.3 Å². The molecule has 2 aromatic heterocycles. The van der Waals surface area contributed by atoms with E-state index >= 15 is 0 Å². The zero-order chi connectivity index (χ0) is 20.4. The van der Waals surface area contributed by atoms with Crippen molar-refractivity contribution in [1.29, 1.82) is 0 Å². The van der Waals surface area contributed by atoms with Gasteiger partial charge in [0.05, 0.1) is 11.7 Å². The Labute approximate surface area is 181 Å². The predicted molar refractivity (Wildman–Crippen MR) is 121 cm³/mol. The summed E-state index contributed by atoms with van der Waals surface area (Å²) in [5.74, 6) is 1.67. The van der Waals surface area contributed by atoms with Crippen molar-refractivity contribution in [3.63, 3.8) is 0 Å². The van der Waals surface area contributed by atoms with Crippen LogP contribution in [-0.4, -0.2) is 21.5 Å². The monoisotopic (exact) mass is 425 g/mol. The first-order valence-corrected chi connectivity index (χ1v) is 10.7. The smallest absolute Gasteiger partial charge is 0.170 e. The largest absolute Gasteiger partial charge is 0.459 e. The summed E-state index contributed by atoms with van der Waals surface area (Å²) in [6.45, 7) is 5.06. The van der Waals surface area contributed by atoms with E-state index in [0.717, 1.165) is 57.9 Å². The number of thiocarbonyl (C=S) groups is 1. The van der Waals surface area contributed by atoms with Gasteiger partial charge in [0.25, 0.3) is 0 Å².